The van der Waals surface area contributed by atoms with Crippen molar-refractivity contribution < 1.29 is 9.26 Å². The van der Waals surface area contributed by atoms with Crippen molar-refractivity contribution in [2.75, 3.05) is 6.61 Å². The van der Waals surface area contributed by atoms with E-state index in [2.05, 4.69) is 26.3 Å². The summed E-state index contributed by atoms with van der Waals surface area (Å²) in [4.78, 5) is 8.46. The summed E-state index contributed by atoms with van der Waals surface area (Å²) in [5, 5.41) is 8.15. The Bertz CT molecular complexity index is 779. The van der Waals surface area contributed by atoms with E-state index in [0.29, 0.717) is 30.6 Å². The lowest BCUT2D eigenvalue weighted by molar-refractivity contribution is 0.327. The van der Waals surface area contributed by atoms with Crippen LogP contribution in [0, 0.1) is 0 Å². The Hall–Kier alpha value is -2.70. The Morgan fingerprint density at radius 1 is 1.33 bits per heavy atom. The van der Waals surface area contributed by atoms with Gasteiger partial charge in [-0.2, -0.15) is 4.98 Å². The van der Waals surface area contributed by atoms with Crippen molar-refractivity contribution in [2.45, 2.75) is 12.3 Å². The lowest BCUT2D eigenvalue weighted by atomic mass is 9.98. The van der Waals surface area contributed by atoms with E-state index in [9.17, 15) is 0 Å². The number of benzene rings is 1. The number of aromatic nitrogens is 5. The van der Waals surface area contributed by atoms with E-state index in [1.54, 1.807) is 18.1 Å². The summed E-state index contributed by atoms with van der Waals surface area (Å²) in [5.41, 5.74) is 1.19. The van der Waals surface area contributed by atoms with E-state index in [-0.39, 0.29) is 5.92 Å². The minimum absolute atomic E-state index is 0.253. The van der Waals surface area contributed by atoms with Crippen molar-refractivity contribution in [1.82, 2.24) is 24.9 Å². The zero-order valence-corrected chi connectivity index (χ0v) is 11.4. The number of nitrogens with zero attached hydrogens (tertiary/aromatic N) is 5. The first-order chi connectivity index (χ1) is 10.3. The Labute approximate surface area is 120 Å². The first-order valence-corrected chi connectivity index (χ1v) is 6.70. The van der Waals surface area contributed by atoms with E-state index in [1.165, 1.54) is 5.56 Å². The number of aryl methyl sites for hydroxylation is 1. The molecular weight excluding hydrogens is 270 g/mol. The average molecular weight is 283 g/mol. The van der Waals surface area contributed by atoms with Crippen LogP contribution >= 0.6 is 0 Å². The highest BCUT2D eigenvalue weighted by Crippen LogP contribution is 2.35. The fourth-order valence-corrected chi connectivity index (χ4v) is 2.48. The Morgan fingerprint density at radius 2 is 2.24 bits per heavy atom. The summed E-state index contributed by atoms with van der Waals surface area (Å²) in [5.74, 6) is 2.63. The van der Waals surface area contributed by atoms with Gasteiger partial charge in [-0.25, -0.2) is 4.98 Å². The molecule has 1 aliphatic rings. The molecule has 0 saturated carbocycles. The van der Waals surface area contributed by atoms with E-state index in [1.807, 2.05) is 18.2 Å². The standard InChI is InChI=1S/C14H13N5O2/c1-19-8-15-13(17-19)14-16-12(18-21-14)6-9-7-20-11-5-3-2-4-10(9)11/h2-5,8-9H,6-7H2,1H3. The van der Waals surface area contributed by atoms with Crippen LogP contribution in [0.5, 0.6) is 5.75 Å². The minimum Gasteiger partial charge on any atom is -0.493 e. The molecule has 1 aromatic carbocycles. The lowest BCUT2D eigenvalue weighted by Crippen LogP contribution is -2.05. The molecule has 0 amide bonds. The molecule has 7 nitrogen and oxygen atoms in total. The number of hydrogen-bond donors (Lipinski definition) is 0. The van der Waals surface area contributed by atoms with Crippen LogP contribution in [0.1, 0.15) is 17.3 Å². The number of rotatable bonds is 3. The van der Waals surface area contributed by atoms with Gasteiger partial charge in [0.15, 0.2) is 5.82 Å². The van der Waals surface area contributed by atoms with Crippen LogP contribution < -0.4 is 4.74 Å². The van der Waals surface area contributed by atoms with Gasteiger partial charge >= 0.3 is 0 Å². The lowest BCUT2D eigenvalue weighted by Gasteiger charge is -2.04. The maximum Gasteiger partial charge on any atom is 0.297 e. The first kappa shape index (κ1) is 12.1. The molecule has 0 radical (unpaired) electrons. The highest BCUT2D eigenvalue weighted by atomic mass is 16.5. The number of hydrogen-bond acceptors (Lipinski definition) is 6. The van der Waals surface area contributed by atoms with Crippen LogP contribution in [0.15, 0.2) is 35.1 Å². The number of ether oxygens (including phenoxy) is 1. The summed E-state index contributed by atoms with van der Waals surface area (Å²) < 4.78 is 12.5. The van der Waals surface area contributed by atoms with Crippen LogP contribution in [-0.2, 0) is 13.5 Å². The summed E-state index contributed by atoms with van der Waals surface area (Å²) >= 11 is 0. The Morgan fingerprint density at radius 3 is 3.10 bits per heavy atom. The van der Waals surface area contributed by atoms with Crippen molar-refractivity contribution in [3.8, 4) is 17.5 Å². The molecule has 0 bridgehead atoms. The molecule has 0 aliphatic carbocycles. The molecule has 4 rings (SSSR count). The molecule has 1 aliphatic heterocycles. The second kappa shape index (κ2) is 4.69. The summed E-state index contributed by atoms with van der Waals surface area (Å²) in [6, 6.07) is 8.05. The first-order valence-electron chi connectivity index (χ1n) is 6.70. The Balaban J connectivity index is 1.55. The van der Waals surface area contributed by atoms with Gasteiger partial charge in [-0.3, -0.25) is 4.68 Å². The SMILES string of the molecule is Cn1cnc(-c2nc(CC3COc4ccccc43)no2)n1. The van der Waals surface area contributed by atoms with Gasteiger partial charge in [0.1, 0.15) is 12.1 Å². The van der Waals surface area contributed by atoms with E-state index >= 15 is 0 Å². The van der Waals surface area contributed by atoms with Crippen molar-refractivity contribution in [1.29, 1.82) is 0 Å². The van der Waals surface area contributed by atoms with Crippen molar-refractivity contribution in [3.63, 3.8) is 0 Å². The molecule has 0 N–H and O–H groups in total. The highest BCUT2D eigenvalue weighted by Gasteiger charge is 2.26. The van der Waals surface area contributed by atoms with Gasteiger partial charge in [0.25, 0.3) is 5.89 Å². The van der Waals surface area contributed by atoms with Crippen molar-refractivity contribution in [2.24, 2.45) is 7.05 Å². The highest BCUT2D eigenvalue weighted by molar-refractivity contribution is 5.41. The largest absolute Gasteiger partial charge is 0.493 e. The molecule has 1 atom stereocenters. The van der Waals surface area contributed by atoms with E-state index < -0.39 is 0 Å². The number of fused-ring (bicyclic) bond motifs is 1. The summed E-state index contributed by atoms with van der Waals surface area (Å²) in [6.45, 7) is 0.644. The van der Waals surface area contributed by atoms with E-state index in [0.717, 1.165) is 5.75 Å². The fourth-order valence-electron chi connectivity index (χ4n) is 2.48. The second-order valence-electron chi connectivity index (χ2n) is 5.01. The van der Waals surface area contributed by atoms with Crippen LogP contribution in [0.2, 0.25) is 0 Å². The molecular formula is C14H13N5O2. The quantitative estimate of drug-likeness (QED) is 0.726. The van der Waals surface area contributed by atoms with Gasteiger partial charge in [0, 0.05) is 24.9 Å². The van der Waals surface area contributed by atoms with E-state index in [4.69, 9.17) is 9.26 Å². The minimum atomic E-state index is 0.253. The zero-order valence-electron chi connectivity index (χ0n) is 11.4. The van der Waals surface area contributed by atoms with Gasteiger partial charge < -0.3 is 9.26 Å². The van der Waals surface area contributed by atoms with Crippen LogP contribution in [0.25, 0.3) is 11.7 Å². The molecule has 0 spiro atoms. The molecule has 3 aromatic rings. The topological polar surface area (TPSA) is 78.9 Å². The molecule has 0 saturated heterocycles. The predicted molar refractivity (Wildman–Crippen MR) is 72.7 cm³/mol. The monoisotopic (exact) mass is 283 g/mol. The summed E-state index contributed by atoms with van der Waals surface area (Å²) in [6.07, 6.45) is 2.27. The summed E-state index contributed by atoms with van der Waals surface area (Å²) in [7, 11) is 1.79. The van der Waals surface area contributed by atoms with Gasteiger partial charge in [-0.1, -0.05) is 23.4 Å². The fraction of sp³-hybridized carbons (Fsp3) is 0.286. The predicted octanol–water partition coefficient (Wildman–Crippen LogP) is 1.58. The maximum atomic E-state index is 5.66. The molecule has 2 aromatic heterocycles. The van der Waals surface area contributed by atoms with Gasteiger partial charge in [-0.05, 0) is 6.07 Å². The Kier molecular flexibility index (Phi) is 2.70. The third-order valence-corrected chi connectivity index (χ3v) is 3.49. The maximum absolute atomic E-state index is 5.66. The van der Waals surface area contributed by atoms with Gasteiger partial charge in [0.05, 0.1) is 6.61 Å². The van der Waals surface area contributed by atoms with Crippen molar-refractivity contribution in [3.05, 3.63) is 42.0 Å². The second-order valence-corrected chi connectivity index (χ2v) is 5.01. The van der Waals surface area contributed by atoms with Crippen LogP contribution in [0.4, 0.5) is 0 Å². The average Bonchev–Trinajstić information content (AvgIpc) is 3.20. The number of para-hydroxylation sites is 1. The normalized spacial score (nSPS) is 16.7. The van der Waals surface area contributed by atoms with Gasteiger partial charge in [-0.15, -0.1) is 5.10 Å². The molecule has 21 heavy (non-hydrogen) atoms. The van der Waals surface area contributed by atoms with Crippen LogP contribution in [-0.4, -0.2) is 31.5 Å². The molecule has 0 fully saturated rings. The third kappa shape index (κ3) is 2.16. The molecule has 7 heteroatoms. The van der Waals surface area contributed by atoms with Crippen molar-refractivity contribution >= 4 is 0 Å². The van der Waals surface area contributed by atoms with Crippen LogP contribution in [0.3, 0.4) is 0 Å². The smallest absolute Gasteiger partial charge is 0.297 e. The van der Waals surface area contributed by atoms with Gasteiger partial charge in [0.2, 0.25) is 5.82 Å². The zero-order chi connectivity index (χ0) is 14.2. The third-order valence-electron chi connectivity index (χ3n) is 3.49. The molecule has 3 heterocycles. The molecule has 1 unspecified atom stereocenters. The molecule has 106 valence electrons.